The predicted octanol–water partition coefficient (Wildman–Crippen LogP) is 3.02. The lowest BCUT2D eigenvalue weighted by Gasteiger charge is -2.21. The summed E-state index contributed by atoms with van der Waals surface area (Å²) in [7, 11) is 0. The topological polar surface area (TPSA) is 59.4 Å². The minimum Gasteiger partial charge on any atom is -0.466 e. The maximum Gasteiger partial charge on any atom is 0.135 e. The smallest absolute Gasteiger partial charge is 0.135 e. The zero-order valence-electron chi connectivity index (χ0n) is 10.1. The van der Waals surface area contributed by atoms with Crippen molar-refractivity contribution in [3.8, 4) is 0 Å². The van der Waals surface area contributed by atoms with Crippen molar-refractivity contribution in [1.82, 2.24) is 0 Å². The molecule has 0 saturated heterocycles. The van der Waals surface area contributed by atoms with Crippen molar-refractivity contribution in [3.63, 3.8) is 0 Å². The lowest BCUT2D eigenvalue weighted by Crippen LogP contribution is -2.20. The first-order valence-electron chi connectivity index (χ1n) is 5.81. The molecule has 1 aromatic carbocycles. The largest absolute Gasteiger partial charge is 0.466 e. The lowest BCUT2D eigenvalue weighted by molar-refractivity contribution is 0.121. The molecule has 0 fully saturated rings. The van der Waals surface area contributed by atoms with E-state index in [2.05, 4.69) is 0 Å². The monoisotopic (exact) mass is 265 g/mol. The molecule has 2 atom stereocenters. The number of halogens is 1. The SMILES string of the molecule is Cc1ccoc1C(O)C(CN)c1ccc(Cl)cc1. The second kappa shape index (κ2) is 5.57. The first-order valence-corrected chi connectivity index (χ1v) is 6.19. The molecule has 1 heterocycles. The van der Waals surface area contributed by atoms with E-state index in [1.165, 1.54) is 0 Å². The molecule has 0 aliphatic rings. The predicted molar refractivity (Wildman–Crippen MR) is 71.7 cm³/mol. The van der Waals surface area contributed by atoms with Gasteiger partial charge in [0.25, 0.3) is 0 Å². The normalized spacial score (nSPS) is 14.4. The van der Waals surface area contributed by atoms with Gasteiger partial charge in [-0.15, -0.1) is 0 Å². The molecular weight excluding hydrogens is 250 g/mol. The number of aryl methyl sites for hydroxylation is 1. The first kappa shape index (κ1) is 13.1. The van der Waals surface area contributed by atoms with Crippen LogP contribution in [0.25, 0.3) is 0 Å². The van der Waals surface area contributed by atoms with Crippen LogP contribution < -0.4 is 5.73 Å². The van der Waals surface area contributed by atoms with E-state index >= 15 is 0 Å². The van der Waals surface area contributed by atoms with Gasteiger partial charge in [-0.25, -0.2) is 0 Å². The summed E-state index contributed by atoms with van der Waals surface area (Å²) in [6.07, 6.45) is 0.828. The van der Waals surface area contributed by atoms with Gasteiger partial charge in [0.05, 0.1) is 6.26 Å². The maximum atomic E-state index is 10.4. The van der Waals surface area contributed by atoms with Crippen LogP contribution in [0.5, 0.6) is 0 Å². The van der Waals surface area contributed by atoms with Crippen molar-refractivity contribution in [2.75, 3.05) is 6.54 Å². The molecule has 4 heteroatoms. The third-order valence-electron chi connectivity index (χ3n) is 3.10. The molecule has 3 nitrogen and oxygen atoms in total. The number of hydrogen-bond acceptors (Lipinski definition) is 3. The zero-order valence-corrected chi connectivity index (χ0v) is 10.9. The molecule has 18 heavy (non-hydrogen) atoms. The first-order chi connectivity index (χ1) is 8.63. The Morgan fingerprint density at radius 2 is 1.94 bits per heavy atom. The number of hydrogen-bond donors (Lipinski definition) is 2. The molecule has 2 rings (SSSR count). The van der Waals surface area contributed by atoms with E-state index in [4.69, 9.17) is 21.8 Å². The Morgan fingerprint density at radius 1 is 1.28 bits per heavy atom. The van der Waals surface area contributed by atoms with Crippen LogP contribution in [0, 0.1) is 6.92 Å². The summed E-state index contributed by atoms with van der Waals surface area (Å²) in [5.41, 5.74) is 7.64. The minimum absolute atomic E-state index is 0.202. The van der Waals surface area contributed by atoms with Crippen LogP contribution >= 0.6 is 11.6 Å². The highest BCUT2D eigenvalue weighted by Crippen LogP contribution is 2.32. The number of aliphatic hydroxyl groups excluding tert-OH is 1. The molecule has 1 aromatic heterocycles. The van der Waals surface area contributed by atoms with Gasteiger partial charge in [0, 0.05) is 17.5 Å². The number of aliphatic hydroxyl groups is 1. The van der Waals surface area contributed by atoms with Crippen LogP contribution in [-0.4, -0.2) is 11.7 Å². The van der Waals surface area contributed by atoms with Gasteiger partial charge in [-0.3, -0.25) is 0 Å². The fourth-order valence-corrected chi connectivity index (χ4v) is 2.15. The Morgan fingerprint density at radius 3 is 2.44 bits per heavy atom. The van der Waals surface area contributed by atoms with Crippen LogP contribution in [-0.2, 0) is 0 Å². The minimum atomic E-state index is -0.744. The summed E-state index contributed by atoms with van der Waals surface area (Å²) in [6, 6.07) is 9.17. The lowest BCUT2D eigenvalue weighted by atomic mass is 9.91. The van der Waals surface area contributed by atoms with Gasteiger partial charge in [-0.1, -0.05) is 23.7 Å². The molecule has 0 spiro atoms. The fraction of sp³-hybridized carbons (Fsp3) is 0.286. The number of nitrogens with two attached hydrogens (primary N) is 1. The highest BCUT2D eigenvalue weighted by molar-refractivity contribution is 6.30. The molecule has 2 aromatic rings. The highest BCUT2D eigenvalue weighted by atomic mass is 35.5. The average Bonchev–Trinajstić information content (AvgIpc) is 2.78. The second-order valence-corrected chi connectivity index (χ2v) is 4.74. The quantitative estimate of drug-likeness (QED) is 0.893. The van der Waals surface area contributed by atoms with Crippen LogP contribution in [0.4, 0.5) is 0 Å². The fourth-order valence-electron chi connectivity index (χ4n) is 2.03. The van der Waals surface area contributed by atoms with Gasteiger partial charge < -0.3 is 15.3 Å². The van der Waals surface area contributed by atoms with Gasteiger partial charge in [-0.2, -0.15) is 0 Å². The highest BCUT2D eigenvalue weighted by Gasteiger charge is 2.25. The van der Waals surface area contributed by atoms with Crippen molar-refractivity contribution >= 4 is 11.6 Å². The van der Waals surface area contributed by atoms with Crippen molar-refractivity contribution in [3.05, 3.63) is 58.5 Å². The van der Waals surface area contributed by atoms with E-state index in [-0.39, 0.29) is 5.92 Å². The van der Waals surface area contributed by atoms with E-state index < -0.39 is 6.10 Å². The van der Waals surface area contributed by atoms with E-state index in [1.807, 2.05) is 25.1 Å². The summed E-state index contributed by atoms with van der Waals surface area (Å²) in [5.74, 6) is 0.368. The molecule has 0 amide bonds. The van der Waals surface area contributed by atoms with E-state index in [0.717, 1.165) is 11.1 Å². The van der Waals surface area contributed by atoms with Crippen LogP contribution in [0.3, 0.4) is 0 Å². The van der Waals surface area contributed by atoms with Crippen LogP contribution in [0.15, 0.2) is 41.0 Å². The Hall–Kier alpha value is -1.29. The van der Waals surface area contributed by atoms with E-state index in [1.54, 1.807) is 18.4 Å². The molecule has 2 unspecified atom stereocenters. The summed E-state index contributed by atoms with van der Waals surface area (Å²) in [4.78, 5) is 0. The molecule has 96 valence electrons. The van der Waals surface area contributed by atoms with E-state index in [0.29, 0.717) is 17.3 Å². The van der Waals surface area contributed by atoms with Crippen molar-refractivity contribution in [1.29, 1.82) is 0 Å². The summed E-state index contributed by atoms with van der Waals surface area (Å²) in [5, 5.41) is 11.0. The molecule has 0 aliphatic carbocycles. The maximum absolute atomic E-state index is 10.4. The molecular formula is C14H16ClNO2. The molecule has 3 N–H and O–H groups in total. The third kappa shape index (κ3) is 2.58. The van der Waals surface area contributed by atoms with Crippen molar-refractivity contribution < 1.29 is 9.52 Å². The number of benzene rings is 1. The second-order valence-electron chi connectivity index (χ2n) is 4.31. The number of rotatable bonds is 4. The van der Waals surface area contributed by atoms with Gasteiger partial charge in [0.2, 0.25) is 0 Å². The Labute approximate surface area is 111 Å². The Kier molecular flexibility index (Phi) is 4.07. The van der Waals surface area contributed by atoms with Gasteiger partial charge in [0.15, 0.2) is 0 Å². The third-order valence-corrected chi connectivity index (χ3v) is 3.36. The summed E-state index contributed by atoms with van der Waals surface area (Å²) in [6.45, 7) is 2.24. The zero-order chi connectivity index (χ0) is 13.1. The summed E-state index contributed by atoms with van der Waals surface area (Å²) >= 11 is 5.85. The summed E-state index contributed by atoms with van der Waals surface area (Å²) < 4.78 is 5.32. The van der Waals surface area contributed by atoms with Crippen molar-refractivity contribution in [2.45, 2.75) is 18.9 Å². The standard InChI is InChI=1S/C14H16ClNO2/c1-9-6-7-18-14(9)13(17)12(8-16)10-2-4-11(15)5-3-10/h2-7,12-13,17H,8,16H2,1H3. The van der Waals surface area contributed by atoms with Crippen LogP contribution in [0.1, 0.15) is 28.9 Å². The van der Waals surface area contributed by atoms with E-state index in [9.17, 15) is 5.11 Å². The molecule has 0 aliphatic heterocycles. The van der Waals surface area contributed by atoms with Gasteiger partial charge in [-0.05, 0) is 36.2 Å². The Bertz CT molecular complexity index is 507. The van der Waals surface area contributed by atoms with Gasteiger partial charge in [0.1, 0.15) is 11.9 Å². The van der Waals surface area contributed by atoms with Crippen molar-refractivity contribution in [2.24, 2.45) is 5.73 Å². The van der Waals surface area contributed by atoms with Crippen LogP contribution in [0.2, 0.25) is 5.02 Å². The molecule has 0 radical (unpaired) electrons. The van der Waals surface area contributed by atoms with Gasteiger partial charge >= 0.3 is 0 Å². The Balaban J connectivity index is 2.28. The molecule has 0 saturated carbocycles. The molecule has 0 bridgehead atoms. The average molecular weight is 266 g/mol. The number of furan rings is 1.